The molecule has 0 aliphatic carbocycles. The van der Waals surface area contributed by atoms with Crippen molar-refractivity contribution in [3.05, 3.63) is 39.9 Å². The van der Waals surface area contributed by atoms with Gasteiger partial charge in [0.25, 0.3) is 5.91 Å². The predicted molar refractivity (Wildman–Crippen MR) is 64.0 cm³/mol. The van der Waals surface area contributed by atoms with Crippen molar-refractivity contribution in [1.29, 1.82) is 5.26 Å². The number of amides is 1. The van der Waals surface area contributed by atoms with Gasteiger partial charge in [-0.15, -0.1) is 5.10 Å². The number of nitrogens with one attached hydrogen (secondary N) is 1. The van der Waals surface area contributed by atoms with Gasteiger partial charge in [-0.25, -0.2) is 0 Å². The highest BCUT2D eigenvalue weighted by molar-refractivity contribution is 7.07. The fourth-order valence-electron chi connectivity index (χ4n) is 1.17. The Morgan fingerprint density at radius 3 is 3.00 bits per heavy atom. The van der Waals surface area contributed by atoms with Crippen molar-refractivity contribution in [3.8, 4) is 6.07 Å². The van der Waals surface area contributed by atoms with Crippen molar-refractivity contribution in [3.63, 3.8) is 0 Å². The van der Waals surface area contributed by atoms with Crippen LogP contribution in [-0.2, 0) is 0 Å². The topological polar surface area (TPSA) is 78.7 Å². The highest BCUT2D eigenvalue weighted by Crippen LogP contribution is 2.21. The van der Waals surface area contributed by atoms with Gasteiger partial charge < -0.3 is 5.32 Å². The van der Waals surface area contributed by atoms with Crippen LogP contribution >= 0.6 is 23.1 Å². The summed E-state index contributed by atoms with van der Waals surface area (Å²) < 4.78 is 3.58. The minimum atomic E-state index is -0.362. The Labute approximate surface area is 106 Å². The molecular weight excluding hydrogens is 260 g/mol. The number of halogens is 1. The number of anilines is 1. The minimum Gasteiger partial charge on any atom is -0.320 e. The van der Waals surface area contributed by atoms with E-state index in [0.717, 1.165) is 11.5 Å². The molecule has 0 saturated heterocycles. The van der Waals surface area contributed by atoms with Crippen LogP contribution in [0.1, 0.15) is 15.2 Å². The molecule has 0 radical (unpaired) electrons. The van der Waals surface area contributed by atoms with Crippen molar-refractivity contribution in [2.75, 3.05) is 5.32 Å². The highest BCUT2D eigenvalue weighted by Gasteiger charge is 2.11. The van der Waals surface area contributed by atoms with E-state index < -0.39 is 0 Å². The van der Waals surface area contributed by atoms with Crippen molar-refractivity contribution in [2.24, 2.45) is 0 Å². The number of hydrogen-bond donors (Lipinski definition) is 1. The molecule has 0 aliphatic rings. The number of carbonyl (C=O) groups is 1. The summed E-state index contributed by atoms with van der Waals surface area (Å²) in [5.41, 5.74) is 0.721. The average Bonchev–Trinajstić information content (AvgIpc) is 2.83. The van der Waals surface area contributed by atoms with E-state index in [1.165, 1.54) is 12.3 Å². The molecule has 1 N–H and O–H groups in total. The van der Waals surface area contributed by atoms with Crippen LogP contribution in [0.5, 0.6) is 0 Å². The third-order valence-corrected chi connectivity index (χ3v) is 2.83. The van der Waals surface area contributed by atoms with Gasteiger partial charge in [0.05, 0.1) is 17.4 Å². The van der Waals surface area contributed by atoms with E-state index in [4.69, 9.17) is 16.9 Å². The summed E-state index contributed by atoms with van der Waals surface area (Å²) in [6, 6.07) is 6.62. The zero-order valence-corrected chi connectivity index (χ0v) is 9.92. The Balaban J connectivity index is 2.27. The Kier molecular flexibility index (Phi) is 3.32. The second-order valence-electron chi connectivity index (χ2n) is 3.04. The molecule has 0 bridgehead atoms. The molecule has 0 atom stereocenters. The van der Waals surface area contributed by atoms with E-state index in [9.17, 15) is 4.79 Å². The van der Waals surface area contributed by atoms with Crippen LogP contribution in [0.25, 0.3) is 0 Å². The Hall–Kier alpha value is -1.97. The maximum atomic E-state index is 11.7. The Bertz CT molecular complexity index is 591. The summed E-state index contributed by atoms with van der Waals surface area (Å²) in [6.45, 7) is 0. The lowest BCUT2D eigenvalue weighted by Gasteiger charge is -2.05. The fraction of sp³-hybridized carbons (Fsp3) is 0. The van der Waals surface area contributed by atoms with Crippen molar-refractivity contribution < 1.29 is 4.79 Å². The number of rotatable bonds is 2. The van der Waals surface area contributed by atoms with E-state index in [-0.39, 0.29) is 5.91 Å². The van der Waals surface area contributed by atoms with Crippen molar-refractivity contribution in [2.45, 2.75) is 0 Å². The number of benzene rings is 1. The summed E-state index contributed by atoms with van der Waals surface area (Å²) in [5, 5.41) is 15.5. The second-order valence-corrected chi connectivity index (χ2v) is 4.26. The number of hydrogen-bond acceptors (Lipinski definition) is 5. The zero-order chi connectivity index (χ0) is 12.3. The van der Waals surface area contributed by atoms with E-state index >= 15 is 0 Å². The first kappa shape index (κ1) is 11.5. The van der Waals surface area contributed by atoms with Crippen LogP contribution in [0.15, 0.2) is 24.4 Å². The molecule has 1 heterocycles. The third kappa shape index (κ3) is 2.58. The summed E-state index contributed by atoms with van der Waals surface area (Å²) in [5.74, 6) is -0.362. The summed E-state index contributed by atoms with van der Waals surface area (Å²) in [4.78, 5) is 12.1. The molecule has 2 rings (SSSR count). The lowest BCUT2D eigenvalue weighted by atomic mass is 10.2. The molecule has 1 amide bonds. The lowest BCUT2D eigenvalue weighted by molar-refractivity contribution is 0.103. The molecule has 0 spiro atoms. The predicted octanol–water partition coefficient (Wildman–Crippen LogP) is 2.32. The molecule has 0 saturated carbocycles. The van der Waals surface area contributed by atoms with Gasteiger partial charge in [0.1, 0.15) is 10.9 Å². The number of carbonyl (C=O) groups excluding carboxylic acids is 1. The third-order valence-electron chi connectivity index (χ3n) is 1.94. The maximum absolute atomic E-state index is 11.7. The molecule has 0 aliphatic heterocycles. The first-order valence-electron chi connectivity index (χ1n) is 4.49. The van der Waals surface area contributed by atoms with E-state index in [2.05, 4.69) is 14.9 Å². The van der Waals surface area contributed by atoms with Gasteiger partial charge in [0, 0.05) is 5.02 Å². The average molecular weight is 265 g/mol. The molecule has 17 heavy (non-hydrogen) atoms. The van der Waals surface area contributed by atoms with Crippen LogP contribution in [0.3, 0.4) is 0 Å². The first-order chi connectivity index (χ1) is 8.20. The molecule has 2 aromatic rings. The summed E-state index contributed by atoms with van der Waals surface area (Å²) in [6.07, 6.45) is 1.36. The van der Waals surface area contributed by atoms with Crippen molar-refractivity contribution >= 4 is 34.7 Å². The molecule has 0 unspecified atom stereocenters. The molecule has 1 aromatic carbocycles. The van der Waals surface area contributed by atoms with Gasteiger partial charge in [-0.1, -0.05) is 16.1 Å². The van der Waals surface area contributed by atoms with Gasteiger partial charge in [0.2, 0.25) is 0 Å². The monoisotopic (exact) mass is 264 g/mol. The lowest BCUT2D eigenvalue weighted by Crippen LogP contribution is -2.11. The van der Waals surface area contributed by atoms with Gasteiger partial charge >= 0.3 is 0 Å². The Morgan fingerprint density at radius 1 is 1.53 bits per heavy atom. The molecule has 5 nitrogen and oxygen atoms in total. The van der Waals surface area contributed by atoms with Gasteiger partial charge in [-0.2, -0.15) is 5.26 Å². The normalized spacial score (nSPS) is 9.65. The minimum absolute atomic E-state index is 0.347. The van der Waals surface area contributed by atoms with E-state index in [1.807, 2.05) is 6.07 Å². The van der Waals surface area contributed by atoms with Crippen LogP contribution in [0.4, 0.5) is 5.69 Å². The largest absolute Gasteiger partial charge is 0.320 e. The molecule has 7 heteroatoms. The van der Waals surface area contributed by atoms with E-state index in [1.54, 1.807) is 12.1 Å². The number of nitrogens with zero attached hydrogens (tertiary/aromatic N) is 3. The van der Waals surface area contributed by atoms with Gasteiger partial charge in [-0.3, -0.25) is 4.79 Å². The fourth-order valence-corrected chi connectivity index (χ4v) is 1.75. The molecule has 0 fully saturated rings. The summed E-state index contributed by atoms with van der Waals surface area (Å²) in [7, 11) is 0. The Morgan fingerprint density at radius 2 is 2.35 bits per heavy atom. The van der Waals surface area contributed by atoms with Gasteiger partial charge in [0.15, 0.2) is 0 Å². The zero-order valence-electron chi connectivity index (χ0n) is 8.35. The maximum Gasteiger partial charge on any atom is 0.269 e. The quantitative estimate of drug-likeness (QED) is 0.903. The molecular formula is C10H5ClN4OS. The first-order valence-corrected chi connectivity index (χ1v) is 5.64. The standard InChI is InChI=1S/C10H5ClN4OS/c11-7-2-1-6(4-12)8(3-7)14-10(16)9-5-13-15-17-9/h1-3,5H,(H,14,16). The van der Waals surface area contributed by atoms with Crippen LogP contribution in [-0.4, -0.2) is 15.5 Å². The van der Waals surface area contributed by atoms with Crippen LogP contribution in [0.2, 0.25) is 5.02 Å². The number of nitriles is 1. The smallest absolute Gasteiger partial charge is 0.269 e. The van der Waals surface area contributed by atoms with Gasteiger partial charge in [-0.05, 0) is 29.7 Å². The molecule has 84 valence electrons. The van der Waals surface area contributed by atoms with Crippen LogP contribution < -0.4 is 5.32 Å². The second kappa shape index (κ2) is 4.91. The highest BCUT2D eigenvalue weighted by atomic mass is 35.5. The van der Waals surface area contributed by atoms with Crippen LogP contribution in [0, 0.1) is 11.3 Å². The summed E-state index contributed by atoms with van der Waals surface area (Å²) >= 11 is 6.78. The van der Waals surface area contributed by atoms with E-state index in [0.29, 0.717) is 21.2 Å². The number of aromatic nitrogens is 2. The SMILES string of the molecule is N#Cc1ccc(Cl)cc1NC(=O)c1cnns1. The molecule has 1 aromatic heterocycles. The van der Waals surface area contributed by atoms with Crippen molar-refractivity contribution in [1.82, 2.24) is 9.59 Å².